The molecule has 2 aromatic carbocycles. The molecule has 2 heteroatoms. The summed E-state index contributed by atoms with van der Waals surface area (Å²) in [6.07, 6.45) is 6.09. The first-order valence-electron chi connectivity index (χ1n) is 7.90. The third kappa shape index (κ3) is 3.24. The Morgan fingerprint density at radius 1 is 1.10 bits per heavy atom. The predicted molar refractivity (Wildman–Crippen MR) is 91.2 cm³/mol. The molecule has 0 aromatic heterocycles. The van der Waals surface area contributed by atoms with E-state index in [0.29, 0.717) is 6.04 Å². The minimum atomic E-state index is 0.317. The first kappa shape index (κ1) is 14.5. The van der Waals surface area contributed by atoms with Gasteiger partial charge in [0.2, 0.25) is 0 Å². The van der Waals surface area contributed by atoms with Crippen LogP contribution in [-0.2, 0) is 12.8 Å². The van der Waals surface area contributed by atoms with Crippen LogP contribution < -0.4 is 5.32 Å². The fourth-order valence-corrected chi connectivity index (χ4v) is 3.45. The highest BCUT2D eigenvalue weighted by Gasteiger charge is 2.16. The standard InChI is InChI=1S/C19H22ClN/c1-2-18(15-9-5-10-16(20)13-15)21-19-12-6-8-14-7-3-4-11-17(14)19/h5-6,8-10,12-13,18,21H,2-4,7,11H2,1H3. The van der Waals surface area contributed by atoms with Crippen molar-refractivity contribution in [3.63, 3.8) is 0 Å². The smallest absolute Gasteiger partial charge is 0.0511 e. The largest absolute Gasteiger partial charge is 0.378 e. The zero-order valence-electron chi connectivity index (χ0n) is 12.5. The van der Waals surface area contributed by atoms with E-state index in [1.165, 1.54) is 48.1 Å². The van der Waals surface area contributed by atoms with Crippen LogP contribution in [0.1, 0.15) is 48.9 Å². The summed E-state index contributed by atoms with van der Waals surface area (Å²) in [6, 6.07) is 15.2. The Labute approximate surface area is 132 Å². The molecule has 110 valence electrons. The minimum absolute atomic E-state index is 0.317. The second-order valence-electron chi connectivity index (χ2n) is 5.81. The molecule has 1 unspecified atom stereocenters. The molecule has 0 radical (unpaired) electrons. The molecule has 0 bridgehead atoms. The Kier molecular flexibility index (Phi) is 4.50. The minimum Gasteiger partial charge on any atom is -0.378 e. The molecule has 1 atom stereocenters. The number of anilines is 1. The number of hydrogen-bond donors (Lipinski definition) is 1. The predicted octanol–water partition coefficient (Wildman–Crippen LogP) is 5.78. The van der Waals surface area contributed by atoms with Gasteiger partial charge in [0.15, 0.2) is 0 Å². The zero-order valence-corrected chi connectivity index (χ0v) is 13.3. The Bertz CT molecular complexity index is 621. The molecule has 1 N–H and O–H groups in total. The van der Waals surface area contributed by atoms with Crippen LogP contribution in [0.4, 0.5) is 5.69 Å². The molecule has 2 aromatic rings. The van der Waals surface area contributed by atoms with Crippen molar-refractivity contribution in [1.82, 2.24) is 0 Å². The molecular weight excluding hydrogens is 278 g/mol. The van der Waals surface area contributed by atoms with Crippen molar-refractivity contribution in [2.75, 3.05) is 5.32 Å². The molecule has 1 aliphatic rings. The SMILES string of the molecule is CCC(Nc1cccc2c1CCCC2)c1cccc(Cl)c1. The van der Waals surface area contributed by atoms with Gasteiger partial charge in [0.1, 0.15) is 0 Å². The van der Waals surface area contributed by atoms with Gasteiger partial charge in [-0.05, 0) is 67.0 Å². The van der Waals surface area contributed by atoms with E-state index in [2.05, 4.69) is 42.6 Å². The van der Waals surface area contributed by atoms with E-state index in [1.54, 1.807) is 0 Å². The number of fused-ring (bicyclic) bond motifs is 1. The Morgan fingerprint density at radius 2 is 1.90 bits per heavy atom. The van der Waals surface area contributed by atoms with E-state index in [-0.39, 0.29) is 0 Å². The summed E-state index contributed by atoms with van der Waals surface area (Å²) in [5.74, 6) is 0. The maximum absolute atomic E-state index is 6.14. The second kappa shape index (κ2) is 6.53. The highest BCUT2D eigenvalue weighted by Crippen LogP contribution is 2.31. The van der Waals surface area contributed by atoms with Crippen LogP contribution in [0.25, 0.3) is 0 Å². The summed E-state index contributed by atoms with van der Waals surface area (Å²) in [6.45, 7) is 2.22. The number of benzene rings is 2. The van der Waals surface area contributed by atoms with Crippen molar-refractivity contribution in [1.29, 1.82) is 0 Å². The molecule has 0 spiro atoms. The van der Waals surface area contributed by atoms with Crippen molar-refractivity contribution in [3.8, 4) is 0 Å². The van der Waals surface area contributed by atoms with Crippen molar-refractivity contribution < 1.29 is 0 Å². The van der Waals surface area contributed by atoms with E-state index < -0.39 is 0 Å². The van der Waals surface area contributed by atoms with Crippen LogP contribution in [0.15, 0.2) is 42.5 Å². The van der Waals surface area contributed by atoms with Gasteiger partial charge in [-0.15, -0.1) is 0 Å². The highest BCUT2D eigenvalue weighted by atomic mass is 35.5. The van der Waals surface area contributed by atoms with Gasteiger partial charge in [0.05, 0.1) is 6.04 Å². The molecule has 3 rings (SSSR count). The van der Waals surface area contributed by atoms with Crippen LogP contribution in [0.5, 0.6) is 0 Å². The lowest BCUT2D eigenvalue weighted by molar-refractivity contribution is 0.681. The molecular formula is C19H22ClN. The van der Waals surface area contributed by atoms with Gasteiger partial charge in [0, 0.05) is 10.7 Å². The number of halogens is 1. The van der Waals surface area contributed by atoms with Crippen molar-refractivity contribution in [2.45, 2.75) is 45.1 Å². The molecule has 0 amide bonds. The highest BCUT2D eigenvalue weighted by molar-refractivity contribution is 6.30. The number of aryl methyl sites for hydroxylation is 1. The Morgan fingerprint density at radius 3 is 2.71 bits per heavy atom. The maximum Gasteiger partial charge on any atom is 0.0511 e. The van der Waals surface area contributed by atoms with Gasteiger partial charge in [-0.2, -0.15) is 0 Å². The topological polar surface area (TPSA) is 12.0 Å². The van der Waals surface area contributed by atoms with Crippen LogP contribution >= 0.6 is 11.6 Å². The van der Waals surface area contributed by atoms with E-state index in [0.717, 1.165) is 11.4 Å². The third-order valence-corrected chi connectivity index (χ3v) is 4.62. The monoisotopic (exact) mass is 299 g/mol. The number of hydrogen-bond acceptors (Lipinski definition) is 1. The summed E-state index contributed by atoms with van der Waals surface area (Å²) in [4.78, 5) is 0. The quantitative estimate of drug-likeness (QED) is 0.754. The lowest BCUT2D eigenvalue weighted by atomic mass is 9.90. The second-order valence-corrected chi connectivity index (χ2v) is 6.25. The first-order chi connectivity index (χ1) is 10.3. The molecule has 0 saturated heterocycles. The summed E-state index contributed by atoms with van der Waals surface area (Å²) in [5.41, 5.74) is 5.61. The molecule has 1 aliphatic carbocycles. The van der Waals surface area contributed by atoms with Gasteiger partial charge in [-0.3, -0.25) is 0 Å². The number of rotatable bonds is 4. The van der Waals surface area contributed by atoms with E-state index >= 15 is 0 Å². The van der Waals surface area contributed by atoms with Gasteiger partial charge in [0.25, 0.3) is 0 Å². The summed E-state index contributed by atoms with van der Waals surface area (Å²) in [5, 5.41) is 4.55. The van der Waals surface area contributed by atoms with E-state index in [9.17, 15) is 0 Å². The molecule has 0 saturated carbocycles. The Hall–Kier alpha value is -1.47. The van der Waals surface area contributed by atoms with Crippen molar-refractivity contribution in [2.24, 2.45) is 0 Å². The van der Waals surface area contributed by atoms with Gasteiger partial charge >= 0.3 is 0 Å². The fraction of sp³-hybridized carbons (Fsp3) is 0.368. The third-order valence-electron chi connectivity index (χ3n) is 4.38. The maximum atomic E-state index is 6.14. The fourth-order valence-electron chi connectivity index (χ4n) is 3.25. The van der Waals surface area contributed by atoms with Crippen LogP contribution in [0.2, 0.25) is 5.02 Å². The summed E-state index contributed by atoms with van der Waals surface area (Å²) in [7, 11) is 0. The Balaban J connectivity index is 1.88. The molecule has 0 heterocycles. The van der Waals surface area contributed by atoms with Crippen LogP contribution in [0, 0.1) is 0 Å². The van der Waals surface area contributed by atoms with Gasteiger partial charge in [-0.1, -0.05) is 42.8 Å². The average Bonchev–Trinajstić information content (AvgIpc) is 2.52. The van der Waals surface area contributed by atoms with Crippen LogP contribution in [0.3, 0.4) is 0 Å². The molecule has 21 heavy (non-hydrogen) atoms. The normalized spacial score (nSPS) is 15.3. The summed E-state index contributed by atoms with van der Waals surface area (Å²) >= 11 is 6.14. The molecule has 0 aliphatic heterocycles. The lowest BCUT2D eigenvalue weighted by Crippen LogP contribution is -2.13. The van der Waals surface area contributed by atoms with Crippen molar-refractivity contribution >= 4 is 17.3 Å². The van der Waals surface area contributed by atoms with E-state index in [1.807, 2.05) is 12.1 Å². The zero-order chi connectivity index (χ0) is 14.7. The molecule has 1 nitrogen and oxygen atoms in total. The van der Waals surface area contributed by atoms with E-state index in [4.69, 9.17) is 11.6 Å². The molecule has 0 fully saturated rings. The lowest BCUT2D eigenvalue weighted by Gasteiger charge is -2.24. The van der Waals surface area contributed by atoms with Crippen molar-refractivity contribution in [3.05, 3.63) is 64.2 Å². The summed E-state index contributed by atoms with van der Waals surface area (Å²) < 4.78 is 0. The van der Waals surface area contributed by atoms with Gasteiger partial charge < -0.3 is 5.32 Å². The van der Waals surface area contributed by atoms with Gasteiger partial charge in [-0.25, -0.2) is 0 Å². The van der Waals surface area contributed by atoms with Crippen LogP contribution in [-0.4, -0.2) is 0 Å². The first-order valence-corrected chi connectivity index (χ1v) is 8.28. The average molecular weight is 300 g/mol. The number of nitrogens with one attached hydrogen (secondary N) is 1.